The maximum atomic E-state index is 11.6. The Kier molecular flexibility index (Phi) is 7.21. The van der Waals surface area contributed by atoms with E-state index in [-0.39, 0.29) is 6.09 Å². The molecule has 0 radical (unpaired) electrons. The molecule has 0 aliphatic carbocycles. The number of nitrogens with one attached hydrogen (secondary N) is 1. The van der Waals surface area contributed by atoms with Gasteiger partial charge in [0.05, 0.1) is 6.61 Å². The van der Waals surface area contributed by atoms with Crippen LogP contribution in [0.15, 0.2) is 0 Å². The maximum absolute atomic E-state index is 11.6. The second kappa shape index (κ2) is 8.41. The minimum Gasteiger partial charge on any atom is -0.450 e. The number of nitrogens with zero attached hydrogens (tertiary/aromatic N) is 1. The summed E-state index contributed by atoms with van der Waals surface area (Å²) in [7, 11) is 0. The van der Waals surface area contributed by atoms with Gasteiger partial charge in [0.15, 0.2) is 0 Å². The minimum absolute atomic E-state index is 0.159. The fourth-order valence-electron chi connectivity index (χ4n) is 2.68. The third kappa shape index (κ3) is 5.81. The Bertz CT molecular complexity index is 263. The van der Waals surface area contributed by atoms with Crippen molar-refractivity contribution >= 4 is 6.09 Å². The Balaban J connectivity index is 2.24. The van der Waals surface area contributed by atoms with E-state index >= 15 is 0 Å². The fraction of sp³-hybridized carbons (Fsp3) is 0.933. The van der Waals surface area contributed by atoms with E-state index in [4.69, 9.17) is 4.74 Å². The highest BCUT2D eigenvalue weighted by Crippen LogP contribution is 2.15. The molecule has 1 fully saturated rings. The van der Waals surface area contributed by atoms with Gasteiger partial charge in [-0.15, -0.1) is 0 Å². The van der Waals surface area contributed by atoms with Gasteiger partial charge in [0, 0.05) is 25.2 Å². The van der Waals surface area contributed by atoms with E-state index in [2.05, 4.69) is 26.1 Å². The van der Waals surface area contributed by atoms with E-state index in [1.54, 1.807) is 0 Å². The van der Waals surface area contributed by atoms with Gasteiger partial charge in [-0.3, -0.25) is 0 Å². The van der Waals surface area contributed by atoms with Gasteiger partial charge in [-0.2, -0.15) is 0 Å². The number of piperidine rings is 1. The van der Waals surface area contributed by atoms with Gasteiger partial charge in [-0.1, -0.05) is 20.3 Å². The molecule has 0 spiro atoms. The summed E-state index contributed by atoms with van der Waals surface area (Å²) in [6.07, 6.45) is 4.38. The van der Waals surface area contributed by atoms with Crippen molar-refractivity contribution in [2.75, 3.05) is 19.7 Å². The first-order valence-corrected chi connectivity index (χ1v) is 7.74. The molecule has 0 bridgehead atoms. The lowest BCUT2D eigenvalue weighted by Gasteiger charge is -2.33. The van der Waals surface area contributed by atoms with Gasteiger partial charge in [0.1, 0.15) is 0 Å². The van der Waals surface area contributed by atoms with Crippen LogP contribution in [0.3, 0.4) is 0 Å². The van der Waals surface area contributed by atoms with E-state index in [0.717, 1.165) is 31.8 Å². The van der Waals surface area contributed by atoms with Gasteiger partial charge in [0.25, 0.3) is 0 Å². The van der Waals surface area contributed by atoms with Crippen molar-refractivity contribution in [1.82, 2.24) is 10.2 Å². The fourth-order valence-corrected chi connectivity index (χ4v) is 2.68. The highest BCUT2D eigenvalue weighted by atomic mass is 16.6. The van der Waals surface area contributed by atoms with Crippen LogP contribution in [-0.2, 0) is 4.74 Å². The van der Waals surface area contributed by atoms with E-state index in [1.807, 2.05) is 11.8 Å². The number of carbonyl (C=O) groups excluding carboxylic acids is 1. The van der Waals surface area contributed by atoms with Crippen molar-refractivity contribution in [2.24, 2.45) is 5.92 Å². The Hall–Kier alpha value is -0.770. The zero-order valence-electron chi connectivity index (χ0n) is 12.9. The number of likely N-dealkylation sites (tertiary alicyclic amines) is 1. The molecule has 0 aromatic heterocycles. The summed E-state index contributed by atoms with van der Waals surface area (Å²) in [6, 6.07) is 1.11. The summed E-state index contributed by atoms with van der Waals surface area (Å²) < 4.78 is 5.03. The van der Waals surface area contributed by atoms with Crippen LogP contribution in [0.5, 0.6) is 0 Å². The largest absolute Gasteiger partial charge is 0.450 e. The second-order valence-electron chi connectivity index (χ2n) is 5.78. The average molecular weight is 270 g/mol. The van der Waals surface area contributed by atoms with Gasteiger partial charge >= 0.3 is 6.09 Å². The van der Waals surface area contributed by atoms with E-state index in [0.29, 0.717) is 18.7 Å². The minimum atomic E-state index is -0.159. The van der Waals surface area contributed by atoms with Crippen LogP contribution in [0.2, 0.25) is 0 Å². The molecule has 4 heteroatoms. The van der Waals surface area contributed by atoms with Crippen LogP contribution in [0.4, 0.5) is 4.79 Å². The molecular formula is C15H30N2O2. The van der Waals surface area contributed by atoms with E-state index in [9.17, 15) is 4.79 Å². The van der Waals surface area contributed by atoms with Crippen molar-refractivity contribution in [2.45, 2.75) is 65.5 Å². The summed E-state index contributed by atoms with van der Waals surface area (Å²) in [5, 5.41) is 3.70. The molecule has 1 aliphatic rings. The van der Waals surface area contributed by atoms with Gasteiger partial charge in [-0.25, -0.2) is 4.79 Å². The molecule has 1 heterocycles. The lowest BCUT2D eigenvalue weighted by atomic mass is 9.98. The molecule has 19 heavy (non-hydrogen) atoms. The van der Waals surface area contributed by atoms with Crippen molar-refractivity contribution in [1.29, 1.82) is 0 Å². The Morgan fingerprint density at radius 3 is 2.47 bits per heavy atom. The molecular weight excluding hydrogens is 240 g/mol. The Labute approximate surface area is 117 Å². The van der Waals surface area contributed by atoms with Crippen LogP contribution in [0.1, 0.15) is 53.4 Å². The summed E-state index contributed by atoms with van der Waals surface area (Å²) in [5.41, 5.74) is 0. The van der Waals surface area contributed by atoms with Gasteiger partial charge in [0.2, 0.25) is 0 Å². The predicted molar refractivity (Wildman–Crippen MR) is 78.3 cm³/mol. The normalized spacial score (nSPS) is 20.1. The zero-order valence-corrected chi connectivity index (χ0v) is 12.9. The standard InChI is InChI=1S/C15H30N2O2/c1-5-12(3)11-13(4)16-14-7-9-17(10-8-14)15(18)19-6-2/h12-14,16H,5-11H2,1-4H3. The first-order valence-electron chi connectivity index (χ1n) is 7.74. The van der Waals surface area contributed by atoms with Crippen molar-refractivity contribution in [3.05, 3.63) is 0 Å². The molecule has 1 N–H and O–H groups in total. The smallest absolute Gasteiger partial charge is 0.409 e. The molecule has 0 aromatic rings. The number of carbonyl (C=O) groups is 1. The molecule has 1 aliphatic heterocycles. The first-order chi connectivity index (χ1) is 9.06. The summed E-state index contributed by atoms with van der Waals surface area (Å²) in [5.74, 6) is 0.780. The summed E-state index contributed by atoms with van der Waals surface area (Å²) in [6.45, 7) is 10.8. The van der Waals surface area contributed by atoms with Crippen LogP contribution >= 0.6 is 0 Å². The number of rotatable bonds is 6. The van der Waals surface area contributed by atoms with E-state index in [1.165, 1.54) is 12.8 Å². The lowest BCUT2D eigenvalue weighted by Crippen LogP contribution is -2.47. The number of amides is 1. The van der Waals surface area contributed by atoms with Crippen LogP contribution < -0.4 is 5.32 Å². The van der Waals surface area contributed by atoms with Crippen LogP contribution in [-0.4, -0.2) is 42.8 Å². The topological polar surface area (TPSA) is 41.6 Å². The Morgan fingerprint density at radius 2 is 1.95 bits per heavy atom. The van der Waals surface area contributed by atoms with E-state index < -0.39 is 0 Å². The molecule has 1 saturated heterocycles. The number of hydrogen-bond acceptors (Lipinski definition) is 3. The molecule has 0 saturated carbocycles. The third-order valence-electron chi connectivity index (χ3n) is 3.99. The summed E-state index contributed by atoms with van der Waals surface area (Å²) >= 11 is 0. The third-order valence-corrected chi connectivity index (χ3v) is 3.99. The van der Waals surface area contributed by atoms with Crippen LogP contribution in [0.25, 0.3) is 0 Å². The summed E-state index contributed by atoms with van der Waals surface area (Å²) in [4.78, 5) is 13.4. The monoisotopic (exact) mass is 270 g/mol. The average Bonchev–Trinajstić information content (AvgIpc) is 2.39. The molecule has 4 nitrogen and oxygen atoms in total. The maximum Gasteiger partial charge on any atom is 0.409 e. The highest BCUT2D eigenvalue weighted by molar-refractivity contribution is 5.67. The van der Waals surface area contributed by atoms with Crippen molar-refractivity contribution < 1.29 is 9.53 Å². The van der Waals surface area contributed by atoms with Crippen molar-refractivity contribution in [3.8, 4) is 0 Å². The molecule has 1 rings (SSSR count). The van der Waals surface area contributed by atoms with Crippen molar-refractivity contribution in [3.63, 3.8) is 0 Å². The quantitative estimate of drug-likeness (QED) is 0.806. The second-order valence-corrected chi connectivity index (χ2v) is 5.78. The van der Waals surface area contributed by atoms with Gasteiger partial charge in [-0.05, 0) is 39.0 Å². The highest BCUT2D eigenvalue weighted by Gasteiger charge is 2.24. The SMILES string of the molecule is CCOC(=O)N1CCC(NC(C)CC(C)CC)CC1. The number of hydrogen-bond donors (Lipinski definition) is 1. The lowest BCUT2D eigenvalue weighted by molar-refractivity contribution is 0.0941. The molecule has 0 aromatic carbocycles. The number of ether oxygens (including phenoxy) is 1. The molecule has 112 valence electrons. The molecule has 2 unspecified atom stereocenters. The predicted octanol–water partition coefficient (Wildman–Crippen LogP) is 3.02. The first kappa shape index (κ1) is 16.3. The van der Waals surface area contributed by atoms with Crippen LogP contribution in [0, 0.1) is 5.92 Å². The zero-order chi connectivity index (χ0) is 14.3. The molecule has 1 amide bonds. The van der Waals surface area contributed by atoms with Gasteiger partial charge < -0.3 is 15.0 Å². The Morgan fingerprint density at radius 1 is 1.32 bits per heavy atom. The molecule has 2 atom stereocenters.